The van der Waals surface area contributed by atoms with Gasteiger partial charge in [-0.15, -0.1) is 0 Å². The summed E-state index contributed by atoms with van der Waals surface area (Å²) in [6.07, 6.45) is 4.77. The number of fused-ring (bicyclic) bond motifs is 1. The molecule has 0 saturated carbocycles. The summed E-state index contributed by atoms with van der Waals surface area (Å²) in [6, 6.07) is 4.03. The van der Waals surface area contributed by atoms with Crippen molar-refractivity contribution in [2.24, 2.45) is 0 Å². The van der Waals surface area contributed by atoms with Crippen LogP contribution in [0, 0.1) is 13.8 Å². The minimum atomic E-state index is 0.506. The second-order valence-corrected chi connectivity index (χ2v) is 5.69. The molecule has 1 atom stereocenters. The molecule has 21 heavy (non-hydrogen) atoms. The van der Waals surface area contributed by atoms with E-state index in [-0.39, 0.29) is 0 Å². The highest BCUT2D eigenvalue weighted by molar-refractivity contribution is 5.57. The Morgan fingerprint density at radius 2 is 2.14 bits per heavy atom. The van der Waals surface area contributed by atoms with Crippen LogP contribution in [0.2, 0.25) is 0 Å². The molecule has 1 unspecified atom stereocenters. The lowest BCUT2D eigenvalue weighted by molar-refractivity contribution is 0.735. The maximum absolute atomic E-state index is 4.59. The molecule has 6 nitrogen and oxygen atoms in total. The molecule has 1 aliphatic heterocycles. The summed E-state index contributed by atoms with van der Waals surface area (Å²) in [5.74, 6) is 1.68. The van der Waals surface area contributed by atoms with Crippen LogP contribution in [-0.4, -0.2) is 37.9 Å². The minimum absolute atomic E-state index is 0.506. The van der Waals surface area contributed by atoms with E-state index in [2.05, 4.69) is 45.1 Å². The zero-order valence-corrected chi connectivity index (χ0v) is 12.2. The van der Waals surface area contributed by atoms with Crippen molar-refractivity contribution >= 4 is 11.5 Å². The quantitative estimate of drug-likeness (QED) is 0.781. The van der Waals surface area contributed by atoms with Gasteiger partial charge in [0.2, 0.25) is 0 Å². The average Bonchev–Trinajstić information content (AvgIpc) is 3.19. The van der Waals surface area contributed by atoms with Gasteiger partial charge < -0.3 is 4.90 Å². The second kappa shape index (κ2) is 4.58. The van der Waals surface area contributed by atoms with Crippen molar-refractivity contribution in [1.29, 1.82) is 0 Å². The van der Waals surface area contributed by atoms with Gasteiger partial charge in [-0.2, -0.15) is 14.7 Å². The van der Waals surface area contributed by atoms with Gasteiger partial charge in [-0.3, -0.25) is 5.10 Å². The Hall–Kier alpha value is -2.37. The molecule has 0 aromatic carbocycles. The van der Waals surface area contributed by atoms with Crippen LogP contribution in [0.1, 0.15) is 29.3 Å². The highest BCUT2D eigenvalue weighted by atomic mass is 15.4. The molecular weight excluding hydrogens is 264 g/mol. The van der Waals surface area contributed by atoms with Crippen LogP contribution in [0.4, 0.5) is 5.82 Å². The van der Waals surface area contributed by atoms with Crippen molar-refractivity contribution in [3.05, 3.63) is 41.5 Å². The Kier molecular flexibility index (Phi) is 2.70. The molecule has 0 aliphatic carbocycles. The highest BCUT2D eigenvalue weighted by Crippen LogP contribution is 2.32. The van der Waals surface area contributed by atoms with Crippen molar-refractivity contribution in [2.45, 2.75) is 26.2 Å². The fourth-order valence-electron chi connectivity index (χ4n) is 3.19. The topological polar surface area (TPSA) is 62.1 Å². The van der Waals surface area contributed by atoms with Crippen LogP contribution >= 0.6 is 0 Å². The molecule has 0 spiro atoms. The van der Waals surface area contributed by atoms with E-state index < -0.39 is 0 Å². The minimum Gasteiger partial charge on any atom is -0.356 e. The first-order valence-corrected chi connectivity index (χ1v) is 7.29. The molecule has 4 rings (SSSR count). The summed E-state index contributed by atoms with van der Waals surface area (Å²) in [7, 11) is 0. The predicted octanol–water partition coefficient (Wildman–Crippen LogP) is 2.06. The average molecular weight is 282 g/mol. The summed E-state index contributed by atoms with van der Waals surface area (Å²) in [4.78, 5) is 7.01. The van der Waals surface area contributed by atoms with Gasteiger partial charge in [0, 0.05) is 48.2 Å². The van der Waals surface area contributed by atoms with Crippen LogP contribution in [0.25, 0.3) is 5.65 Å². The van der Waals surface area contributed by atoms with Gasteiger partial charge in [0.05, 0.1) is 6.20 Å². The van der Waals surface area contributed by atoms with Crippen LogP contribution in [0.5, 0.6) is 0 Å². The standard InChI is InChI=1S/C15H18N6/c1-10-11(2)18-14-4-7-17-21(14)15(10)20-8-5-12(9-20)13-3-6-16-19-13/h3-4,6-7,12H,5,8-9H2,1-2H3,(H,16,19). The second-order valence-electron chi connectivity index (χ2n) is 5.69. The van der Waals surface area contributed by atoms with Gasteiger partial charge in [-0.1, -0.05) is 0 Å². The number of H-pyrrole nitrogens is 1. The summed E-state index contributed by atoms with van der Waals surface area (Å²) in [5.41, 5.74) is 4.41. The van der Waals surface area contributed by atoms with Gasteiger partial charge in [0.25, 0.3) is 0 Å². The Bertz CT molecular complexity index is 773. The molecule has 0 bridgehead atoms. The van der Waals surface area contributed by atoms with Crippen LogP contribution < -0.4 is 4.90 Å². The summed E-state index contributed by atoms with van der Waals surface area (Å²) >= 11 is 0. The van der Waals surface area contributed by atoms with E-state index in [0.717, 1.165) is 30.9 Å². The third kappa shape index (κ3) is 1.90. The molecule has 6 heteroatoms. The van der Waals surface area contributed by atoms with E-state index in [1.807, 2.05) is 23.0 Å². The Morgan fingerprint density at radius 3 is 2.95 bits per heavy atom. The normalized spacial score (nSPS) is 18.8. The number of nitrogens with zero attached hydrogens (tertiary/aromatic N) is 5. The van der Waals surface area contributed by atoms with Gasteiger partial charge in [-0.25, -0.2) is 4.98 Å². The molecule has 3 aromatic heterocycles. The number of aryl methyl sites for hydroxylation is 1. The highest BCUT2D eigenvalue weighted by Gasteiger charge is 2.28. The lowest BCUT2D eigenvalue weighted by Gasteiger charge is -2.22. The van der Waals surface area contributed by atoms with E-state index in [1.54, 1.807) is 0 Å². The summed E-state index contributed by atoms with van der Waals surface area (Å²) < 4.78 is 1.96. The molecule has 0 amide bonds. The number of rotatable bonds is 2. The first-order chi connectivity index (χ1) is 10.2. The largest absolute Gasteiger partial charge is 0.356 e. The predicted molar refractivity (Wildman–Crippen MR) is 80.6 cm³/mol. The van der Waals surface area contributed by atoms with Crippen molar-refractivity contribution < 1.29 is 0 Å². The first kappa shape index (κ1) is 12.4. The SMILES string of the molecule is Cc1nc2ccnn2c(N2CCC(c3ccn[nH]3)C2)c1C. The molecule has 1 aliphatic rings. The lowest BCUT2D eigenvalue weighted by atomic mass is 10.1. The maximum Gasteiger partial charge on any atom is 0.157 e. The molecule has 1 N–H and O–H groups in total. The lowest BCUT2D eigenvalue weighted by Crippen LogP contribution is -2.24. The number of aromatic nitrogens is 5. The number of aromatic amines is 1. The van der Waals surface area contributed by atoms with Crippen LogP contribution in [0.3, 0.4) is 0 Å². The number of hydrogen-bond donors (Lipinski definition) is 1. The van der Waals surface area contributed by atoms with Crippen molar-refractivity contribution in [2.75, 3.05) is 18.0 Å². The molecular formula is C15H18N6. The summed E-state index contributed by atoms with van der Waals surface area (Å²) in [6.45, 7) is 6.21. The van der Waals surface area contributed by atoms with E-state index in [0.29, 0.717) is 5.92 Å². The number of hydrogen-bond acceptors (Lipinski definition) is 4. The zero-order chi connectivity index (χ0) is 14.4. The summed E-state index contributed by atoms with van der Waals surface area (Å²) in [5, 5.41) is 11.6. The molecule has 1 saturated heterocycles. The zero-order valence-electron chi connectivity index (χ0n) is 12.2. The van der Waals surface area contributed by atoms with E-state index in [9.17, 15) is 0 Å². The third-order valence-corrected chi connectivity index (χ3v) is 4.43. The van der Waals surface area contributed by atoms with E-state index in [4.69, 9.17) is 0 Å². The van der Waals surface area contributed by atoms with Crippen molar-refractivity contribution in [1.82, 2.24) is 24.8 Å². The Balaban J connectivity index is 1.74. The Morgan fingerprint density at radius 1 is 1.24 bits per heavy atom. The molecule has 108 valence electrons. The molecule has 0 radical (unpaired) electrons. The Labute approximate surface area is 122 Å². The fraction of sp³-hybridized carbons (Fsp3) is 0.400. The molecule has 4 heterocycles. The van der Waals surface area contributed by atoms with Crippen LogP contribution in [-0.2, 0) is 0 Å². The van der Waals surface area contributed by atoms with Gasteiger partial charge >= 0.3 is 0 Å². The smallest absolute Gasteiger partial charge is 0.157 e. The first-order valence-electron chi connectivity index (χ1n) is 7.29. The van der Waals surface area contributed by atoms with Crippen molar-refractivity contribution in [3.8, 4) is 0 Å². The van der Waals surface area contributed by atoms with Gasteiger partial charge in [0.15, 0.2) is 5.65 Å². The number of nitrogens with one attached hydrogen (secondary N) is 1. The van der Waals surface area contributed by atoms with E-state index in [1.165, 1.54) is 17.1 Å². The maximum atomic E-state index is 4.59. The third-order valence-electron chi connectivity index (χ3n) is 4.43. The monoisotopic (exact) mass is 282 g/mol. The molecule has 1 fully saturated rings. The van der Waals surface area contributed by atoms with Crippen molar-refractivity contribution in [3.63, 3.8) is 0 Å². The van der Waals surface area contributed by atoms with E-state index >= 15 is 0 Å². The van der Waals surface area contributed by atoms with Gasteiger partial charge in [-0.05, 0) is 26.3 Å². The van der Waals surface area contributed by atoms with Gasteiger partial charge in [0.1, 0.15) is 5.82 Å². The number of anilines is 1. The van der Waals surface area contributed by atoms with Crippen LogP contribution in [0.15, 0.2) is 24.5 Å². The molecule has 3 aromatic rings. The fourth-order valence-corrected chi connectivity index (χ4v) is 3.19.